The first-order chi connectivity index (χ1) is 6.88. The lowest BCUT2D eigenvalue weighted by Crippen LogP contribution is -2.22. The summed E-state index contributed by atoms with van der Waals surface area (Å²) in [5, 5.41) is 1.69. The largest absolute Gasteiger partial charge is 0.298 e. The number of nitroso groups, excluding NO2 is 1. The Morgan fingerprint density at radius 3 is 3.00 bits per heavy atom. The maximum absolute atomic E-state index is 11.8. The average Bonchev–Trinajstić information content (AvgIpc) is 2.55. The lowest BCUT2D eigenvalue weighted by molar-refractivity contribution is -0.620. The van der Waals surface area contributed by atoms with Crippen LogP contribution in [0.3, 0.4) is 0 Å². The van der Waals surface area contributed by atoms with E-state index in [9.17, 15) is 4.91 Å². The van der Waals surface area contributed by atoms with Crippen molar-refractivity contribution in [3.8, 4) is 0 Å². The van der Waals surface area contributed by atoms with Gasteiger partial charge in [0.05, 0.1) is 16.7 Å². The normalized spacial score (nSPS) is 22.4. The van der Waals surface area contributed by atoms with Crippen LogP contribution >= 0.6 is 0 Å². The first-order valence-corrected chi connectivity index (χ1v) is 4.57. The number of rotatable bonds is 0. The molecule has 0 radical (unpaired) electrons. The van der Waals surface area contributed by atoms with Crippen LogP contribution < -0.4 is 0 Å². The molecule has 2 aliphatic rings. The van der Waals surface area contributed by atoms with Crippen LogP contribution in [0.2, 0.25) is 0 Å². The summed E-state index contributed by atoms with van der Waals surface area (Å²) in [4.78, 5) is 12.7. The van der Waals surface area contributed by atoms with Crippen LogP contribution in [0.15, 0.2) is 48.7 Å². The molecule has 68 valence electrons. The smallest absolute Gasteiger partial charge is 0.0981 e. The number of fused-ring (bicyclic) bond motifs is 3. The second-order valence-electron chi connectivity index (χ2n) is 3.38. The maximum atomic E-state index is 11.8. The van der Waals surface area contributed by atoms with Gasteiger partial charge in [-0.3, -0.25) is 0 Å². The molecule has 1 unspecified atom stereocenters. The number of hydrogen-bond donors (Lipinski definition) is 0. The summed E-state index contributed by atoms with van der Waals surface area (Å²) in [5.41, 5.74) is 1.82. The summed E-state index contributed by atoms with van der Waals surface area (Å²) >= 11 is 0. The molecule has 2 aliphatic heterocycles. The van der Waals surface area contributed by atoms with E-state index in [0.29, 0.717) is 0 Å². The van der Waals surface area contributed by atoms with Gasteiger partial charge in [0.15, 0.2) is 4.87 Å². The fourth-order valence-electron chi connectivity index (χ4n) is 1.94. The van der Waals surface area contributed by atoms with Crippen molar-refractivity contribution in [2.75, 3.05) is 0 Å². The molecule has 3 rings (SSSR count). The highest BCUT2D eigenvalue weighted by Gasteiger charge is 2.42. The van der Waals surface area contributed by atoms with Crippen LogP contribution in [-0.2, 0) is 0 Å². The van der Waals surface area contributed by atoms with Crippen LogP contribution in [0.5, 0.6) is 0 Å². The molecule has 2 heterocycles. The van der Waals surface area contributed by atoms with Crippen LogP contribution in [0.25, 0.3) is 0 Å². The van der Waals surface area contributed by atoms with E-state index in [4.69, 9.17) is 0 Å². The quantitative estimate of drug-likeness (QED) is 0.579. The molecule has 0 saturated heterocycles. The SMILES string of the molecule is O=[N+]1c2ccccc2C2C=CC=CN21. The Morgan fingerprint density at radius 1 is 1.21 bits per heavy atom. The highest BCUT2D eigenvalue weighted by molar-refractivity contribution is 5.46. The molecule has 14 heavy (non-hydrogen) atoms. The molecular formula is C11H9N2O+. The molecule has 1 aromatic rings. The van der Waals surface area contributed by atoms with E-state index in [0.717, 1.165) is 16.1 Å². The Labute approximate surface area is 81.5 Å². The number of hydrazine groups is 1. The topological polar surface area (TPSA) is 23.3 Å². The molecule has 0 bridgehead atoms. The van der Waals surface area contributed by atoms with Crippen LogP contribution in [0.4, 0.5) is 5.69 Å². The number of benzene rings is 1. The summed E-state index contributed by atoms with van der Waals surface area (Å²) in [6.07, 6.45) is 7.67. The van der Waals surface area contributed by atoms with Crippen molar-refractivity contribution in [2.24, 2.45) is 0 Å². The number of allylic oxidation sites excluding steroid dienone is 2. The van der Waals surface area contributed by atoms with Gasteiger partial charge < -0.3 is 0 Å². The zero-order chi connectivity index (χ0) is 9.54. The van der Waals surface area contributed by atoms with E-state index in [-0.39, 0.29) is 6.04 Å². The van der Waals surface area contributed by atoms with E-state index >= 15 is 0 Å². The summed E-state index contributed by atoms with van der Waals surface area (Å²) in [6.45, 7) is 0. The third-order valence-corrected chi connectivity index (χ3v) is 2.60. The van der Waals surface area contributed by atoms with Gasteiger partial charge in [-0.2, -0.15) is 0 Å². The fraction of sp³-hybridized carbons (Fsp3) is 0.0909. The highest BCUT2D eigenvalue weighted by Crippen LogP contribution is 2.40. The Bertz CT molecular complexity index is 462. The summed E-state index contributed by atoms with van der Waals surface area (Å²) in [6, 6.07) is 7.77. The van der Waals surface area contributed by atoms with Gasteiger partial charge in [-0.05, 0) is 12.1 Å². The molecule has 0 saturated carbocycles. The summed E-state index contributed by atoms with van der Waals surface area (Å²) in [5.74, 6) is 0. The van der Waals surface area contributed by atoms with Crippen LogP contribution in [-0.4, -0.2) is 9.88 Å². The second kappa shape index (κ2) is 2.54. The average molecular weight is 185 g/mol. The van der Waals surface area contributed by atoms with Crippen molar-refractivity contribution < 1.29 is 4.87 Å². The Kier molecular flexibility index (Phi) is 1.36. The van der Waals surface area contributed by atoms with Crippen molar-refractivity contribution in [1.29, 1.82) is 0 Å². The molecular weight excluding hydrogens is 176 g/mol. The van der Waals surface area contributed by atoms with E-state index < -0.39 is 0 Å². The zero-order valence-electron chi connectivity index (χ0n) is 7.50. The molecule has 0 N–H and O–H groups in total. The molecule has 0 aromatic heterocycles. The van der Waals surface area contributed by atoms with E-state index in [1.807, 2.05) is 42.5 Å². The summed E-state index contributed by atoms with van der Waals surface area (Å²) in [7, 11) is 0. The highest BCUT2D eigenvalue weighted by atomic mass is 16.3. The van der Waals surface area contributed by atoms with Gasteiger partial charge >= 0.3 is 0 Å². The minimum atomic E-state index is 0.0775. The Hall–Kier alpha value is -1.90. The first-order valence-electron chi connectivity index (χ1n) is 4.57. The van der Waals surface area contributed by atoms with Gasteiger partial charge in [0.1, 0.15) is 6.04 Å². The third-order valence-electron chi connectivity index (χ3n) is 2.60. The predicted molar refractivity (Wildman–Crippen MR) is 52.6 cm³/mol. The lowest BCUT2D eigenvalue weighted by Gasteiger charge is -2.11. The predicted octanol–water partition coefficient (Wildman–Crippen LogP) is 2.45. The van der Waals surface area contributed by atoms with Gasteiger partial charge in [-0.25, -0.2) is 0 Å². The maximum Gasteiger partial charge on any atom is 0.298 e. The van der Waals surface area contributed by atoms with Gasteiger partial charge in [0, 0.05) is 6.07 Å². The molecule has 3 heteroatoms. The molecule has 0 aliphatic carbocycles. The van der Waals surface area contributed by atoms with E-state index in [1.165, 1.54) is 0 Å². The molecule has 0 amide bonds. The molecule has 0 fully saturated rings. The number of hydrogen-bond acceptors (Lipinski definition) is 1. The standard InChI is InChI=1S/C11H9N2O/c14-13-11-7-2-1-5-9(11)10-6-3-4-8-12(10)13/h1-8,10H/q+1. The molecule has 3 nitrogen and oxygen atoms in total. The van der Waals surface area contributed by atoms with Gasteiger partial charge in [0.25, 0.3) is 5.69 Å². The Morgan fingerprint density at radius 2 is 2.07 bits per heavy atom. The van der Waals surface area contributed by atoms with Crippen LogP contribution in [0.1, 0.15) is 11.6 Å². The van der Waals surface area contributed by atoms with Gasteiger partial charge in [-0.1, -0.05) is 29.3 Å². The molecule has 0 spiro atoms. The third kappa shape index (κ3) is 0.812. The number of para-hydroxylation sites is 1. The van der Waals surface area contributed by atoms with Crippen molar-refractivity contribution >= 4 is 5.69 Å². The van der Waals surface area contributed by atoms with Gasteiger partial charge in [0.2, 0.25) is 0 Å². The van der Waals surface area contributed by atoms with Crippen molar-refractivity contribution in [2.45, 2.75) is 6.04 Å². The monoisotopic (exact) mass is 185 g/mol. The van der Waals surface area contributed by atoms with Crippen LogP contribution in [0, 0.1) is 4.91 Å². The fourth-order valence-corrected chi connectivity index (χ4v) is 1.94. The van der Waals surface area contributed by atoms with Crippen molar-refractivity contribution in [3.63, 3.8) is 0 Å². The van der Waals surface area contributed by atoms with Crippen molar-refractivity contribution in [3.05, 3.63) is 59.2 Å². The van der Waals surface area contributed by atoms with Crippen molar-refractivity contribution in [1.82, 2.24) is 5.01 Å². The van der Waals surface area contributed by atoms with Gasteiger partial charge in [-0.15, -0.1) is 0 Å². The summed E-state index contributed by atoms with van der Waals surface area (Å²) < 4.78 is 0. The first kappa shape index (κ1) is 7.50. The second-order valence-corrected chi connectivity index (χ2v) is 3.38. The minimum Gasteiger partial charge on any atom is -0.0981 e. The zero-order valence-corrected chi connectivity index (χ0v) is 7.50. The lowest BCUT2D eigenvalue weighted by atomic mass is 10.1. The molecule has 1 atom stereocenters. The number of nitrogens with zero attached hydrogens (tertiary/aromatic N) is 2. The van der Waals surface area contributed by atoms with E-state index in [1.54, 1.807) is 11.2 Å². The minimum absolute atomic E-state index is 0.0775. The molecule has 1 aromatic carbocycles. The Balaban J connectivity index is 2.22. The van der Waals surface area contributed by atoms with E-state index in [2.05, 4.69) is 0 Å².